The second-order valence-electron chi connectivity index (χ2n) is 7.53. The van der Waals surface area contributed by atoms with Crippen LogP contribution < -0.4 is 10.1 Å². The van der Waals surface area contributed by atoms with E-state index in [-0.39, 0.29) is 16.4 Å². The molecule has 176 valence electrons. The molecule has 1 fully saturated rings. The van der Waals surface area contributed by atoms with Crippen molar-refractivity contribution in [1.82, 2.24) is 14.7 Å². The molecule has 7 nitrogen and oxygen atoms in total. The van der Waals surface area contributed by atoms with Gasteiger partial charge in [-0.05, 0) is 24.3 Å². The number of fused-ring (bicyclic) bond motifs is 1. The van der Waals surface area contributed by atoms with E-state index in [1.54, 1.807) is 22.9 Å². The van der Waals surface area contributed by atoms with E-state index in [1.807, 2.05) is 0 Å². The van der Waals surface area contributed by atoms with Gasteiger partial charge in [0.15, 0.2) is 5.69 Å². The molecule has 4 rings (SSSR count). The van der Waals surface area contributed by atoms with E-state index in [0.29, 0.717) is 43.0 Å². The summed E-state index contributed by atoms with van der Waals surface area (Å²) in [5.41, 5.74) is -0.354. The maximum absolute atomic E-state index is 13.1. The lowest BCUT2D eigenvalue weighted by Gasteiger charge is -2.26. The summed E-state index contributed by atoms with van der Waals surface area (Å²) < 4.78 is 51.8. The van der Waals surface area contributed by atoms with Crippen LogP contribution in [0.4, 0.5) is 18.9 Å². The zero-order chi connectivity index (χ0) is 23.6. The number of ether oxygens (including phenoxy) is 2. The highest BCUT2D eigenvalue weighted by Gasteiger charge is 2.31. The fraction of sp³-hybridized carbons (Fsp3) is 0.364. The lowest BCUT2D eigenvalue weighted by atomic mass is 10.1. The van der Waals surface area contributed by atoms with Crippen molar-refractivity contribution in [3.8, 4) is 5.75 Å². The first-order chi connectivity index (χ1) is 15.8. The average molecular weight is 483 g/mol. The van der Waals surface area contributed by atoms with Crippen molar-refractivity contribution in [2.24, 2.45) is 0 Å². The molecule has 11 heteroatoms. The molecule has 33 heavy (non-hydrogen) atoms. The third-order valence-corrected chi connectivity index (χ3v) is 5.77. The Morgan fingerprint density at radius 1 is 1.21 bits per heavy atom. The summed E-state index contributed by atoms with van der Waals surface area (Å²) in [5.74, 6) is -0.127. The number of benzene rings is 2. The van der Waals surface area contributed by atoms with E-state index < -0.39 is 17.6 Å². The lowest BCUT2D eigenvalue weighted by Crippen LogP contribution is -2.38. The number of rotatable bonds is 6. The summed E-state index contributed by atoms with van der Waals surface area (Å²) in [6, 6.07) is 7.97. The molecule has 3 aromatic rings. The number of carbonyl (C=O) groups is 1. The number of halogens is 4. The number of anilines is 1. The third kappa shape index (κ3) is 5.07. The van der Waals surface area contributed by atoms with Gasteiger partial charge in [0.05, 0.1) is 43.1 Å². The quantitative estimate of drug-likeness (QED) is 0.567. The van der Waals surface area contributed by atoms with Gasteiger partial charge in [0.25, 0.3) is 5.91 Å². The minimum atomic E-state index is -4.56. The Balaban J connectivity index is 1.65. The second-order valence-corrected chi connectivity index (χ2v) is 7.94. The molecule has 0 radical (unpaired) electrons. The number of nitrogens with one attached hydrogen (secondary N) is 1. The minimum absolute atomic E-state index is 0.00927. The number of hydrogen-bond donors (Lipinski definition) is 1. The Morgan fingerprint density at radius 2 is 1.97 bits per heavy atom. The highest BCUT2D eigenvalue weighted by atomic mass is 35.5. The van der Waals surface area contributed by atoms with Crippen LogP contribution in [0.25, 0.3) is 10.9 Å². The normalized spacial score (nSPS) is 15.1. The van der Waals surface area contributed by atoms with Crippen LogP contribution in [-0.2, 0) is 17.5 Å². The molecule has 2 heterocycles. The van der Waals surface area contributed by atoms with E-state index in [0.717, 1.165) is 31.3 Å². The second kappa shape index (κ2) is 9.58. The number of aromatic nitrogens is 2. The number of nitrogens with zero attached hydrogens (tertiary/aromatic N) is 3. The number of methoxy groups -OCH3 is 1. The molecule has 0 bridgehead atoms. The van der Waals surface area contributed by atoms with Crippen molar-refractivity contribution < 1.29 is 27.4 Å². The van der Waals surface area contributed by atoms with Crippen molar-refractivity contribution >= 4 is 34.1 Å². The van der Waals surface area contributed by atoms with Crippen molar-refractivity contribution in [3.05, 3.63) is 52.7 Å². The fourth-order valence-corrected chi connectivity index (χ4v) is 3.90. The molecule has 0 spiro atoms. The van der Waals surface area contributed by atoms with Crippen LogP contribution in [0, 0.1) is 0 Å². The van der Waals surface area contributed by atoms with Gasteiger partial charge in [-0.15, -0.1) is 0 Å². The molecule has 1 aliphatic rings. The number of hydrogen-bond acceptors (Lipinski definition) is 5. The first kappa shape index (κ1) is 23.3. The summed E-state index contributed by atoms with van der Waals surface area (Å²) >= 11 is 6.04. The SMILES string of the molecule is COc1cccc2c(C(=O)Nc3cc(C(F)(F)F)ccc3Cl)nn(CCN3CCOCC3)c12. The molecule has 0 aliphatic carbocycles. The molecule has 1 aliphatic heterocycles. The summed E-state index contributed by atoms with van der Waals surface area (Å²) in [7, 11) is 1.52. The minimum Gasteiger partial charge on any atom is -0.494 e. The topological polar surface area (TPSA) is 68.6 Å². The average Bonchev–Trinajstić information content (AvgIpc) is 3.18. The van der Waals surface area contributed by atoms with Gasteiger partial charge >= 0.3 is 6.18 Å². The Morgan fingerprint density at radius 3 is 2.67 bits per heavy atom. The maximum Gasteiger partial charge on any atom is 0.416 e. The van der Waals surface area contributed by atoms with Crippen molar-refractivity contribution in [2.45, 2.75) is 12.7 Å². The predicted molar refractivity (Wildman–Crippen MR) is 118 cm³/mol. The smallest absolute Gasteiger partial charge is 0.416 e. The van der Waals surface area contributed by atoms with Gasteiger partial charge in [0.2, 0.25) is 0 Å². The van der Waals surface area contributed by atoms with Crippen LogP contribution in [0.1, 0.15) is 16.1 Å². The molecule has 0 saturated carbocycles. The zero-order valence-corrected chi connectivity index (χ0v) is 18.5. The number of alkyl halides is 3. The van der Waals surface area contributed by atoms with E-state index in [1.165, 1.54) is 7.11 Å². The standard InChI is InChI=1S/C22H22ClF3N4O3/c1-32-18-4-2-3-15-19(28-30(20(15)18)8-7-29-9-11-33-12-10-29)21(31)27-17-13-14(22(24,25)26)5-6-16(17)23/h2-6,13H,7-12H2,1H3,(H,27,31). The summed E-state index contributed by atoms with van der Waals surface area (Å²) in [5, 5.41) is 7.47. The highest BCUT2D eigenvalue weighted by Crippen LogP contribution is 2.34. The predicted octanol–water partition coefficient (Wildman–Crippen LogP) is 4.30. The maximum atomic E-state index is 13.1. The number of amides is 1. The molecule has 1 aromatic heterocycles. The molecule has 2 aromatic carbocycles. The number of para-hydroxylation sites is 1. The van der Waals surface area contributed by atoms with Gasteiger partial charge in [0.1, 0.15) is 11.3 Å². The molecule has 0 unspecified atom stereocenters. The van der Waals surface area contributed by atoms with Crippen molar-refractivity contribution in [3.63, 3.8) is 0 Å². The Labute approximate surface area is 193 Å². The van der Waals surface area contributed by atoms with E-state index in [4.69, 9.17) is 21.1 Å². The highest BCUT2D eigenvalue weighted by molar-refractivity contribution is 6.34. The Bertz CT molecular complexity index is 1160. The summed E-state index contributed by atoms with van der Waals surface area (Å²) in [4.78, 5) is 15.3. The molecule has 1 saturated heterocycles. The van der Waals surface area contributed by atoms with Gasteiger partial charge in [-0.3, -0.25) is 14.4 Å². The van der Waals surface area contributed by atoms with E-state index >= 15 is 0 Å². The summed E-state index contributed by atoms with van der Waals surface area (Å²) in [6.07, 6.45) is -4.56. The summed E-state index contributed by atoms with van der Waals surface area (Å²) in [6.45, 7) is 4.12. The van der Waals surface area contributed by atoms with Crippen molar-refractivity contribution in [2.75, 3.05) is 45.3 Å². The fourth-order valence-electron chi connectivity index (χ4n) is 3.74. The number of carbonyl (C=O) groups excluding carboxylic acids is 1. The molecular formula is C22H22ClF3N4O3. The van der Waals surface area contributed by atoms with Crippen LogP contribution in [0.2, 0.25) is 5.02 Å². The first-order valence-corrected chi connectivity index (χ1v) is 10.7. The monoisotopic (exact) mass is 482 g/mol. The molecule has 0 atom stereocenters. The lowest BCUT2D eigenvalue weighted by molar-refractivity contribution is -0.137. The molecular weight excluding hydrogens is 461 g/mol. The van der Waals surface area contributed by atoms with Gasteiger partial charge in [-0.2, -0.15) is 18.3 Å². The van der Waals surface area contributed by atoms with E-state index in [2.05, 4.69) is 15.3 Å². The largest absolute Gasteiger partial charge is 0.494 e. The van der Waals surface area contributed by atoms with Gasteiger partial charge < -0.3 is 14.8 Å². The van der Waals surface area contributed by atoms with Gasteiger partial charge in [-0.1, -0.05) is 23.7 Å². The van der Waals surface area contributed by atoms with Crippen LogP contribution >= 0.6 is 11.6 Å². The number of morpholine rings is 1. The van der Waals surface area contributed by atoms with Crippen LogP contribution in [0.3, 0.4) is 0 Å². The molecule has 1 amide bonds. The van der Waals surface area contributed by atoms with E-state index in [9.17, 15) is 18.0 Å². The van der Waals surface area contributed by atoms with Crippen LogP contribution in [0.15, 0.2) is 36.4 Å². The third-order valence-electron chi connectivity index (χ3n) is 5.44. The van der Waals surface area contributed by atoms with Crippen LogP contribution in [0.5, 0.6) is 5.75 Å². The molecule has 1 N–H and O–H groups in total. The zero-order valence-electron chi connectivity index (χ0n) is 17.8. The Hall–Kier alpha value is -2.82. The first-order valence-electron chi connectivity index (χ1n) is 10.3. The van der Waals surface area contributed by atoms with Crippen LogP contribution in [-0.4, -0.2) is 60.5 Å². The van der Waals surface area contributed by atoms with Gasteiger partial charge in [-0.25, -0.2) is 0 Å². The van der Waals surface area contributed by atoms with Gasteiger partial charge in [0, 0.05) is 25.0 Å². The Kier molecular flexibility index (Phi) is 6.78. The van der Waals surface area contributed by atoms with Crippen molar-refractivity contribution in [1.29, 1.82) is 0 Å².